The van der Waals surface area contributed by atoms with E-state index in [2.05, 4.69) is 30.0 Å². The van der Waals surface area contributed by atoms with Crippen molar-refractivity contribution in [1.29, 1.82) is 0 Å². The molecule has 13 nitrogen and oxygen atoms in total. The summed E-state index contributed by atoms with van der Waals surface area (Å²) in [7, 11) is -2.77. The molecule has 2 N–H and O–H groups in total. The number of hydrogen-bond donors (Lipinski definition) is 1. The van der Waals surface area contributed by atoms with Crippen LogP contribution in [-0.2, 0) is 13.3 Å². The van der Waals surface area contributed by atoms with E-state index in [1.54, 1.807) is 0 Å². The van der Waals surface area contributed by atoms with E-state index >= 15 is 0 Å². The Kier molecular flexibility index (Phi) is 9.61. The molecule has 0 spiro atoms. The highest BCUT2D eigenvalue weighted by molar-refractivity contribution is 6.60. The molecule has 1 atom stereocenters. The minimum absolute atomic E-state index is 0.135. The number of nitrogens with zero attached hydrogens (tertiary/aromatic N) is 9. The van der Waals surface area contributed by atoms with Gasteiger partial charge in [0.1, 0.15) is 5.84 Å². The van der Waals surface area contributed by atoms with Crippen molar-refractivity contribution in [2.24, 2.45) is 26.1 Å². The zero-order valence-corrected chi connectivity index (χ0v) is 16.1. The maximum Gasteiger partial charge on any atom is 0.500 e. The van der Waals surface area contributed by atoms with Crippen molar-refractivity contribution in [3.8, 4) is 0 Å². The second kappa shape index (κ2) is 11.4. The normalized spacial score (nSPS) is 17.1. The minimum Gasteiger partial charge on any atom is -0.374 e. The third kappa shape index (κ3) is 6.27. The van der Waals surface area contributed by atoms with Crippen molar-refractivity contribution < 1.29 is 13.3 Å². The molecule has 0 saturated heterocycles. The molecule has 0 aromatic rings. The van der Waals surface area contributed by atoms with Gasteiger partial charge in [-0.3, -0.25) is 5.01 Å². The van der Waals surface area contributed by atoms with E-state index in [0.717, 1.165) is 5.01 Å². The summed E-state index contributed by atoms with van der Waals surface area (Å²) < 4.78 is 17.4. The molecule has 0 saturated carbocycles. The summed E-state index contributed by atoms with van der Waals surface area (Å²) in [5.41, 5.74) is 17.2. The minimum atomic E-state index is -2.77. The molecule has 0 aliphatic carbocycles. The summed E-state index contributed by atoms with van der Waals surface area (Å²) >= 11 is 0. The molecule has 14 heteroatoms. The van der Waals surface area contributed by atoms with Crippen molar-refractivity contribution in [2.75, 3.05) is 19.8 Å². The Hall–Kier alpha value is -2.18. The zero-order valence-electron chi connectivity index (χ0n) is 15.1. The summed E-state index contributed by atoms with van der Waals surface area (Å²) in [6, 6.07) is 0.565. The van der Waals surface area contributed by atoms with Crippen LogP contribution in [-0.4, -0.2) is 51.7 Å². The molecular weight excluding hydrogens is 360 g/mol. The van der Waals surface area contributed by atoms with Crippen molar-refractivity contribution in [3.63, 3.8) is 0 Å². The van der Waals surface area contributed by atoms with Crippen LogP contribution in [0.25, 0.3) is 20.9 Å². The Morgan fingerprint density at radius 2 is 1.77 bits per heavy atom. The highest BCUT2D eigenvalue weighted by Gasteiger charge is 2.40. The van der Waals surface area contributed by atoms with Crippen molar-refractivity contribution >= 4 is 20.6 Å². The summed E-state index contributed by atoms with van der Waals surface area (Å²) in [5, 5.41) is 7.96. The highest BCUT2D eigenvalue weighted by atomic mass is 28.4. The first-order valence-corrected chi connectivity index (χ1v) is 10.2. The van der Waals surface area contributed by atoms with E-state index in [1.807, 2.05) is 20.8 Å². The topological polar surface area (TPSA) is 179 Å². The van der Waals surface area contributed by atoms with Gasteiger partial charge in [0.15, 0.2) is 0 Å². The van der Waals surface area contributed by atoms with Crippen molar-refractivity contribution in [3.05, 3.63) is 20.9 Å². The van der Waals surface area contributed by atoms with E-state index < -0.39 is 15.1 Å². The third-order valence-electron chi connectivity index (χ3n) is 3.27. The Morgan fingerprint density at radius 3 is 2.27 bits per heavy atom. The number of amidine groups is 1. The zero-order chi connectivity index (χ0) is 19.4. The fourth-order valence-corrected chi connectivity index (χ4v) is 4.98. The van der Waals surface area contributed by atoms with Crippen molar-refractivity contribution in [2.45, 2.75) is 45.9 Å². The predicted octanol–water partition coefficient (Wildman–Crippen LogP) is 2.66. The lowest BCUT2D eigenvalue weighted by atomic mass is 10.3. The molecule has 1 aliphatic heterocycles. The van der Waals surface area contributed by atoms with Crippen LogP contribution in [0, 0.1) is 0 Å². The van der Waals surface area contributed by atoms with E-state index in [9.17, 15) is 0 Å². The van der Waals surface area contributed by atoms with Gasteiger partial charge in [-0.25, -0.2) is 15.8 Å². The fraction of sp³-hybridized carbons (Fsp3) is 0.833. The number of nitrogens with two attached hydrogens (primary N) is 1. The standard InChI is InChI=1S/C12H24N10O3Si/c1-4-23-26(24-5-2,25-6-3)9-7-8-10-16-11(18-20-13)17-12(19-21-14)22(10)15/h12H,4-9,15H2,1-3H3. The van der Waals surface area contributed by atoms with Gasteiger partial charge in [0.05, 0.1) is 0 Å². The Labute approximate surface area is 152 Å². The highest BCUT2D eigenvalue weighted by Crippen LogP contribution is 2.21. The maximum atomic E-state index is 8.62. The quantitative estimate of drug-likeness (QED) is 0.189. The van der Waals surface area contributed by atoms with E-state index in [0.29, 0.717) is 44.5 Å². The van der Waals surface area contributed by atoms with Gasteiger partial charge in [-0.2, -0.15) is 0 Å². The van der Waals surface area contributed by atoms with Gasteiger partial charge >= 0.3 is 8.80 Å². The number of guanidine groups is 1. The molecule has 1 aliphatic rings. The average Bonchev–Trinajstić information content (AvgIpc) is 2.60. The number of hydrogen-bond acceptors (Lipinski definition) is 9. The van der Waals surface area contributed by atoms with E-state index in [1.165, 1.54) is 0 Å². The van der Waals surface area contributed by atoms with Gasteiger partial charge in [0.2, 0.25) is 12.2 Å². The monoisotopic (exact) mass is 384 g/mol. The van der Waals surface area contributed by atoms with Gasteiger partial charge < -0.3 is 13.3 Å². The Bertz CT molecular complexity index is 597. The summed E-state index contributed by atoms with van der Waals surface area (Å²) in [4.78, 5) is 13.3. The van der Waals surface area contributed by atoms with Crippen LogP contribution in [0.1, 0.15) is 33.6 Å². The average molecular weight is 384 g/mol. The molecule has 1 heterocycles. The lowest BCUT2D eigenvalue weighted by molar-refractivity contribution is 0.0709. The molecule has 1 rings (SSSR count). The van der Waals surface area contributed by atoms with E-state index in [4.69, 9.17) is 30.2 Å². The number of azide groups is 2. The number of hydrazine groups is 1. The van der Waals surface area contributed by atoms with E-state index in [-0.39, 0.29) is 5.96 Å². The van der Waals surface area contributed by atoms with Crippen LogP contribution in [0.5, 0.6) is 0 Å². The van der Waals surface area contributed by atoms with Crippen LogP contribution in [0.3, 0.4) is 0 Å². The second-order valence-corrected chi connectivity index (χ2v) is 7.67. The number of aliphatic imine (C=N–C) groups is 2. The van der Waals surface area contributed by atoms with Crippen LogP contribution in [0.2, 0.25) is 6.04 Å². The smallest absolute Gasteiger partial charge is 0.374 e. The first-order chi connectivity index (χ1) is 12.6. The van der Waals surface area contributed by atoms with Crippen LogP contribution < -0.4 is 5.84 Å². The largest absolute Gasteiger partial charge is 0.500 e. The lowest BCUT2D eigenvalue weighted by Gasteiger charge is -2.30. The molecule has 0 radical (unpaired) electrons. The predicted molar refractivity (Wildman–Crippen MR) is 97.6 cm³/mol. The summed E-state index contributed by atoms with van der Waals surface area (Å²) in [6.45, 7) is 7.13. The van der Waals surface area contributed by atoms with Gasteiger partial charge in [-0.05, 0) is 48.5 Å². The molecule has 1 unspecified atom stereocenters. The number of rotatable bonds is 11. The third-order valence-corrected chi connectivity index (χ3v) is 6.42. The van der Waals surface area contributed by atoms with Crippen LogP contribution in [0.4, 0.5) is 0 Å². The summed E-state index contributed by atoms with van der Waals surface area (Å²) in [6.07, 6.45) is -0.0399. The second-order valence-electron chi connectivity index (χ2n) is 4.94. The molecule has 0 fully saturated rings. The molecule has 0 bridgehead atoms. The Balaban J connectivity index is 2.86. The van der Waals surface area contributed by atoms with Gasteiger partial charge in [0, 0.05) is 42.1 Å². The van der Waals surface area contributed by atoms with Gasteiger partial charge in [0.25, 0.3) is 0 Å². The molecule has 0 aromatic carbocycles. The summed E-state index contributed by atoms with van der Waals surface area (Å²) in [5.74, 6) is 6.15. The molecule has 0 aromatic heterocycles. The lowest BCUT2D eigenvalue weighted by Crippen LogP contribution is -2.48. The molecule has 26 heavy (non-hydrogen) atoms. The first-order valence-electron chi connectivity index (χ1n) is 8.26. The van der Waals surface area contributed by atoms with Crippen LogP contribution >= 0.6 is 0 Å². The first kappa shape index (κ1) is 21.9. The molecular formula is C12H24N10O3Si. The van der Waals surface area contributed by atoms with Crippen molar-refractivity contribution in [1.82, 2.24) is 5.01 Å². The van der Waals surface area contributed by atoms with Gasteiger partial charge in [-0.1, -0.05) is 0 Å². The van der Waals surface area contributed by atoms with Crippen LogP contribution in [0.15, 0.2) is 20.2 Å². The maximum absolute atomic E-state index is 8.62. The SMILES string of the molecule is CCO[Si](CCCC1=NC(N=[N+]=[N-])=NC(N=[N+]=[N-])N1N)(OCC)OCC. The molecule has 0 amide bonds. The fourth-order valence-electron chi connectivity index (χ4n) is 2.37. The Morgan fingerprint density at radius 1 is 1.15 bits per heavy atom. The van der Waals surface area contributed by atoms with Gasteiger partial charge in [-0.15, -0.1) is 0 Å². The molecule has 144 valence electrons.